The van der Waals surface area contributed by atoms with Gasteiger partial charge in [-0.1, -0.05) is 30.3 Å². The number of benzene rings is 1. The van der Waals surface area contributed by atoms with Crippen LogP contribution in [-0.4, -0.2) is 30.3 Å². The van der Waals surface area contributed by atoms with Crippen LogP contribution in [-0.2, 0) is 25.7 Å². The molecule has 1 aromatic carbocycles. The summed E-state index contributed by atoms with van der Waals surface area (Å²) < 4.78 is 10.1. The lowest BCUT2D eigenvalue weighted by molar-refractivity contribution is -0.148. The van der Waals surface area contributed by atoms with Gasteiger partial charge in [0.25, 0.3) is 0 Å². The third-order valence-corrected chi connectivity index (χ3v) is 2.15. The van der Waals surface area contributed by atoms with Gasteiger partial charge in [0.1, 0.15) is 6.61 Å². The van der Waals surface area contributed by atoms with Gasteiger partial charge in [-0.05, 0) is 5.56 Å². The van der Waals surface area contributed by atoms with E-state index in [9.17, 15) is 9.59 Å². The molecule has 1 aromatic rings. The maximum absolute atomic E-state index is 11.0. The van der Waals surface area contributed by atoms with E-state index in [1.54, 1.807) is 0 Å². The largest absolute Gasteiger partial charge is 0.481 e. The number of carboxylic acid groups (broad SMARTS) is 1. The van der Waals surface area contributed by atoms with E-state index in [2.05, 4.69) is 0 Å². The van der Waals surface area contributed by atoms with Crippen molar-refractivity contribution in [2.75, 3.05) is 13.2 Å². The van der Waals surface area contributed by atoms with E-state index in [1.807, 2.05) is 30.3 Å². The Morgan fingerprint density at radius 1 is 1.06 bits per heavy atom. The third kappa shape index (κ3) is 6.65. The van der Waals surface area contributed by atoms with Crippen LogP contribution in [0.15, 0.2) is 30.3 Å². The van der Waals surface area contributed by atoms with Crippen molar-refractivity contribution in [3.8, 4) is 0 Å². The summed E-state index contributed by atoms with van der Waals surface area (Å²) in [7, 11) is 0. The molecule has 0 aromatic heterocycles. The lowest BCUT2D eigenvalue weighted by Gasteiger charge is -2.05. The molecule has 18 heavy (non-hydrogen) atoms. The summed E-state index contributed by atoms with van der Waals surface area (Å²) in [6, 6.07) is 9.65. The molecule has 0 bridgehead atoms. The molecular weight excluding hydrogens is 236 g/mol. The number of carbonyl (C=O) groups is 2. The van der Waals surface area contributed by atoms with E-state index in [4.69, 9.17) is 14.6 Å². The molecule has 1 N–H and O–H groups in total. The maximum Gasteiger partial charge on any atom is 0.306 e. The summed E-state index contributed by atoms with van der Waals surface area (Å²) in [5.41, 5.74) is 1.05. The Labute approximate surface area is 105 Å². The highest BCUT2D eigenvalue weighted by Gasteiger charge is 2.05. The Hall–Kier alpha value is -1.88. The zero-order valence-corrected chi connectivity index (χ0v) is 10.0. The molecule has 1 rings (SSSR count). The summed E-state index contributed by atoms with van der Waals surface area (Å²) in [5, 5.41) is 8.37. The smallest absolute Gasteiger partial charge is 0.306 e. The number of esters is 1. The molecule has 0 saturated carbocycles. The van der Waals surface area contributed by atoms with Crippen molar-refractivity contribution in [2.24, 2.45) is 0 Å². The van der Waals surface area contributed by atoms with Crippen LogP contribution in [0.5, 0.6) is 0 Å². The van der Waals surface area contributed by atoms with Crippen molar-refractivity contribution < 1.29 is 24.2 Å². The number of aliphatic carboxylic acids is 1. The van der Waals surface area contributed by atoms with Gasteiger partial charge in [-0.3, -0.25) is 9.59 Å². The highest BCUT2D eigenvalue weighted by atomic mass is 16.6. The SMILES string of the molecule is O=C(O)CCC(=O)OCCOCc1ccccc1. The molecule has 0 aliphatic heterocycles. The van der Waals surface area contributed by atoms with Crippen LogP contribution in [0.25, 0.3) is 0 Å². The topological polar surface area (TPSA) is 72.8 Å². The molecule has 5 nitrogen and oxygen atoms in total. The highest BCUT2D eigenvalue weighted by Crippen LogP contribution is 2.00. The lowest BCUT2D eigenvalue weighted by Crippen LogP contribution is -2.11. The fourth-order valence-electron chi connectivity index (χ4n) is 1.26. The van der Waals surface area contributed by atoms with Gasteiger partial charge < -0.3 is 14.6 Å². The Kier molecular flexibility index (Phi) is 6.50. The van der Waals surface area contributed by atoms with E-state index in [1.165, 1.54) is 0 Å². The zero-order valence-electron chi connectivity index (χ0n) is 10.0. The average Bonchev–Trinajstić information content (AvgIpc) is 2.37. The average molecular weight is 252 g/mol. The van der Waals surface area contributed by atoms with E-state index >= 15 is 0 Å². The van der Waals surface area contributed by atoms with Gasteiger partial charge in [0.2, 0.25) is 0 Å². The Bertz CT molecular complexity index is 374. The van der Waals surface area contributed by atoms with Gasteiger partial charge in [0, 0.05) is 0 Å². The van der Waals surface area contributed by atoms with E-state index in [0.717, 1.165) is 5.56 Å². The molecule has 0 spiro atoms. The van der Waals surface area contributed by atoms with Crippen LogP contribution in [0, 0.1) is 0 Å². The van der Waals surface area contributed by atoms with Gasteiger partial charge in [0.05, 0.1) is 26.1 Å². The van der Waals surface area contributed by atoms with Crippen LogP contribution < -0.4 is 0 Å². The molecule has 0 radical (unpaired) electrons. The summed E-state index contributed by atoms with van der Waals surface area (Å²) in [5.74, 6) is -1.52. The Morgan fingerprint density at radius 3 is 2.44 bits per heavy atom. The number of hydrogen-bond acceptors (Lipinski definition) is 4. The summed E-state index contributed by atoms with van der Waals surface area (Å²) in [6.45, 7) is 0.909. The number of hydrogen-bond donors (Lipinski definition) is 1. The molecule has 0 atom stereocenters. The minimum absolute atomic E-state index is 0.103. The fourth-order valence-corrected chi connectivity index (χ4v) is 1.26. The first-order chi connectivity index (χ1) is 8.68. The number of rotatable bonds is 8. The van der Waals surface area contributed by atoms with E-state index in [0.29, 0.717) is 13.2 Å². The molecule has 0 fully saturated rings. The Balaban J connectivity index is 2.02. The maximum atomic E-state index is 11.0. The van der Waals surface area contributed by atoms with Gasteiger partial charge in [0.15, 0.2) is 0 Å². The molecule has 0 saturated heterocycles. The molecule has 0 aliphatic carbocycles. The third-order valence-electron chi connectivity index (χ3n) is 2.15. The fraction of sp³-hybridized carbons (Fsp3) is 0.385. The van der Waals surface area contributed by atoms with Gasteiger partial charge in [-0.15, -0.1) is 0 Å². The summed E-state index contributed by atoms with van der Waals surface area (Å²) in [6.07, 6.45) is -0.308. The minimum Gasteiger partial charge on any atom is -0.481 e. The molecule has 0 aliphatic rings. The van der Waals surface area contributed by atoms with Crippen molar-refractivity contribution in [1.29, 1.82) is 0 Å². The van der Waals surface area contributed by atoms with Crippen molar-refractivity contribution >= 4 is 11.9 Å². The van der Waals surface area contributed by atoms with Crippen LogP contribution in [0.3, 0.4) is 0 Å². The van der Waals surface area contributed by atoms with Crippen molar-refractivity contribution in [3.63, 3.8) is 0 Å². The minimum atomic E-state index is -1.01. The van der Waals surface area contributed by atoms with Crippen molar-refractivity contribution in [1.82, 2.24) is 0 Å². The van der Waals surface area contributed by atoms with Crippen LogP contribution >= 0.6 is 0 Å². The summed E-state index contributed by atoms with van der Waals surface area (Å²) in [4.78, 5) is 21.2. The number of carbonyl (C=O) groups excluding carboxylic acids is 1. The molecular formula is C13H16O5. The second kappa shape index (κ2) is 8.25. The quantitative estimate of drug-likeness (QED) is 0.562. The number of ether oxygens (including phenoxy) is 2. The first kappa shape index (κ1) is 14.2. The van der Waals surface area contributed by atoms with Gasteiger partial charge in [-0.2, -0.15) is 0 Å². The first-order valence-electron chi connectivity index (χ1n) is 5.67. The molecule has 98 valence electrons. The lowest BCUT2D eigenvalue weighted by atomic mass is 10.2. The highest BCUT2D eigenvalue weighted by molar-refractivity contribution is 5.76. The van der Waals surface area contributed by atoms with Gasteiger partial charge >= 0.3 is 11.9 Å². The predicted octanol–water partition coefficient (Wildman–Crippen LogP) is 1.61. The molecule has 0 heterocycles. The van der Waals surface area contributed by atoms with Crippen LogP contribution in [0.4, 0.5) is 0 Å². The van der Waals surface area contributed by atoms with E-state index in [-0.39, 0.29) is 19.4 Å². The number of carboxylic acids is 1. The summed E-state index contributed by atoms with van der Waals surface area (Å²) >= 11 is 0. The van der Waals surface area contributed by atoms with Crippen molar-refractivity contribution in [3.05, 3.63) is 35.9 Å². The van der Waals surface area contributed by atoms with E-state index < -0.39 is 11.9 Å². The zero-order chi connectivity index (χ0) is 13.2. The van der Waals surface area contributed by atoms with Crippen LogP contribution in [0.1, 0.15) is 18.4 Å². The second-order valence-electron chi connectivity index (χ2n) is 3.65. The molecule has 0 amide bonds. The normalized spacial score (nSPS) is 10.0. The van der Waals surface area contributed by atoms with Crippen LogP contribution in [0.2, 0.25) is 0 Å². The first-order valence-corrected chi connectivity index (χ1v) is 5.67. The molecule has 5 heteroatoms. The standard InChI is InChI=1S/C13H16O5/c14-12(15)6-7-13(16)18-9-8-17-10-11-4-2-1-3-5-11/h1-5H,6-10H2,(H,14,15). The van der Waals surface area contributed by atoms with Crippen molar-refractivity contribution in [2.45, 2.75) is 19.4 Å². The predicted molar refractivity (Wildman–Crippen MR) is 63.9 cm³/mol. The second-order valence-corrected chi connectivity index (χ2v) is 3.65. The Morgan fingerprint density at radius 2 is 1.78 bits per heavy atom. The molecule has 0 unspecified atom stereocenters. The monoisotopic (exact) mass is 252 g/mol. The van der Waals surface area contributed by atoms with Gasteiger partial charge in [-0.25, -0.2) is 0 Å².